The summed E-state index contributed by atoms with van der Waals surface area (Å²) in [6.07, 6.45) is 2.87. The lowest BCUT2D eigenvalue weighted by Gasteiger charge is -2.26. The molecule has 0 spiro atoms. The standard InChI is InChI=1S/C8H14O/c1-6-4-7(2)9-8(3)5-6/h7-8H,1,4-5H2,2-3H3/t7-,8-/m0/s1. The van der Waals surface area contributed by atoms with Crippen molar-refractivity contribution in [2.75, 3.05) is 0 Å². The fourth-order valence-corrected chi connectivity index (χ4v) is 1.39. The lowest BCUT2D eigenvalue weighted by Crippen LogP contribution is -2.23. The molecule has 0 saturated carbocycles. The maximum absolute atomic E-state index is 5.50. The second-order valence-electron chi connectivity index (χ2n) is 2.92. The summed E-state index contributed by atoms with van der Waals surface area (Å²) in [5, 5.41) is 0. The maximum Gasteiger partial charge on any atom is 0.0587 e. The summed E-state index contributed by atoms with van der Waals surface area (Å²) in [4.78, 5) is 0. The molecule has 1 rings (SSSR count). The molecule has 0 aromatic heterocycles. The third-order valence-corrected chi connectivity index (χ3v) is 1.62. The van der Waals surface area contributed by atoms with E-state index in [-0.39, 0.29) is 0 Å². The second-order valence-corrected chi connectivity index (χ2v) is 2.92. The van der Waals surface area contributed by atoms with Crippen LogP contribution in [0.25, 0.3) is 0 Å². The van der Waals surface area contributed by atoms with Crippen LogP contribution in [-0.4, -0.2) is 12.2 Å². The number of hydrogen-bond donors (Lipinski definition) is 0. The van der Waals surface area contributed by atoms with Crippen LogP contribution in [0.3, 0.4) is 0 Å². The average Bonchev–Trinajstić information content (AvgIpc) is 1.59. The summed E-state index contributed by atoms with van der Waals surface area (Å²) < 4.78 is 5.50. The highest BCUT2D eigenvalue weighted by Gasteiger charge is 2.16. The Hall–Kier alpha value is -0.300. The monoisotopic (exact) mass is 126 g/mol. The van der Waals surface area contributed by atoms with Crippen LogP contribution in [0.5, 0.6) is 0 Å². The van der Waals surface area contributed by atoms with Crippen molar-refractivity contribution in [2.45, 2.75) is 38.9 Å². The first kappa shape index (κ1) is 6.81. The molecule has 0 aliphatic carbocycles. The Balaban J connectivity index is 2.43. The molecule has 1 heteroatoms. The second kappa shape index (κ2) is 2.53. The summed E-state index contributed by atoms with van der Waals surface area (Å²) in [6, 6.07) is 0. The van der Waals surface area contributed by atoms with E-state index in [9.17, 15) is 0 Å². The van der Waals surface area contributed by atoms with Crippen LogP contribution in [0, 0.1) is 0 Å². The van der Waals surface area contributed by atoms with Crippen LogP contribution in [0.4, 0.5) is 0 Å². The number of rotatable bonds is 0. The molecule has 2 atom stereocenters. The Kier molecular flexibility index (Phi) is 1.91. The Morgan fingerprint density at radius 3 is 2.11 bits per heavy atom. The first-order chi connectivity index (χ1) is 4.18. The molecular weight excluding hydrogens is 112 g/mol. The summed E-state index contributed by atoms with van der Waals surface area (Å²) in [5.74, 6) is 0. The Labute approximate surface area is 56.7 Å². The summed E-state index contributed by atoms with van der Waals surface area (Å²) in [7, 11) is 0. The van der Waals surface area contributed by atoms with Gasteiger partial charge < -0.3 is 4.74 Å². The quantitative estimate of drug-likeness (QED) is 0.452. The highest BCUT2D eigenvalue weighted by atomic mass is 16.5. The highest BCUT2D eigenvalue weighted by molar-refractivity contribution is 5.00. The molecule has 1 aliphatic heterocycles. The molecule has 1 heterocycles. The minimum absolute atomic E-state index is 0.390. The molecule has 0 aromatic carbocycles. The van der Waals surface area contributed by atoms with Gasteiger partial charge in [-0.1, -0.05) is 12.2 Å². The minimum atomic E-state index is 0.390. The van der Waals surface area contributed by atoms with Gasteiger partial charge in [0, 0.05) is 0 Å². The van der Waals surface area contributed by atoms with Gasteiger partial charge in [-0.2, -0.15) is 0 Å². The smallest absolute Gasteiger partial charge is 0.0587 e. The number of ether oxygens (including phenoxy) is 1. The molecule has 0 aromatic rings. The van der Waals surface area contributed by atoms with Gasteiger partial charge in [0.2, 0.25) is 0 Å². The van der Waals surface area contributed by atoms with Crippen LogP contribution < -0.4 is 0 Å². The summed E-state index contributed by atoms with van der Waals surface area (Å²) in [5.41, 5.74) is 1.33. The van der Waals surface area contributed by atoms with Crippen LogP contribution in [-0.2, 0) is 4.74 Å². The van der Waals surface area contributed by atoms with E-state index in [0.717, 1.165) is 12.8 Å². The predicted octanol–water partition coefficient (Wildman–Crippen LogP) is 2.13. The molecular formula is C8H14O. The number of hydrogen-bond acceptors (Lipinski definition) is 1. The third-order valence-electron chi connectivity index (χ3n) is 1.62. The highest BCUT2D eigenvalue weighted by Crippen LogP contribution is 2.21. The summed E-state index contributed by atoms with van der Waals surface area (Å²) in [6.45, 7) is 8.13. The zero-order chi connectivity index (χ0) is 6.85. The Morgan fingerprint density at radius 2 is 1.78 bits per heavy atom. The zero-order valence-corrected chi connectivity index (χ0v) is 6.18. The fourth-order valence-electron chi connectivity index (χ4n) is 1.39. The van der Waals surface area contributed by atoms with Crippen LogP contribution in [0.1, 0.15) is 26.7 Å². The van der Waals surface area contributed by atoms with E-state index < -0.39 is 0 Å². The van der Waals surface area contributed by atoms with Crippen molar-refractivity contribution in [2.24, 2.45) is 0 Å². The first-order valence-electron chi connectivity index (χ1n) is 3.50. The van der Waals surface area contributed by atoms with Gasteiger partial charge >= 0.3 is 0 Å². The first-order valence-corrected chi connectivity index (χ1v) is 3.50. The van der Waals surface area contributed by atoms with Crippen molar-refractivity contribution in [3.8, 4) is 0 Å². The van der Waals surface area contributed by atoms with E-state index in [1.807, 2.05) is 0 Å². The molecule has 1 fully saturated rings. The van der Waals surface area contributed by atoms with E-state index >= 15 is 0 Å². The fraction of sp³-hybridized carbons (Fsp3) is 0.750. The van der Waals surface area contributed by atoms with Gasteiger partial charge in [-0.05, 0) is 26.7 Å². The predicted molar refractivity (Wildman–Crippen MR) is 38.4 cm³/mol. The molecule has 1 aliphatic rings. The molecule has 0 unspecified atom stereocenters. The van der Waals surface area contributed by atoms with Gasteiger partial charge in [0.15, 0.2) is 0 Å². The largest absolute Gasteiger partial charge is 0.375 e. The topological polar surface area (TPSA) is 9.23 Å². The van der Waals surface area contributed by atoms with E-state index in [2.05, 4.69) is 20.4 Å². The van der Waals surface area contributed by atoms with Gasteiger partial charge in [0.1, 0.15) is 0 Å². The molecule has 0 amide bonds. The molecule has 0 radical (unpaired) electrons. The molecule has 0 N–H and O–H groups in total. The summed E-state index contributed by atoms with van der Waals surface area (Å²) >= 11 is 0. The normalized spacial score (nSPS) is 36.9. The van der Waals surface area contributed by atoms with Crippen molar-refractivity contribution in [3.63, 3.8) is 0 Å². The van der Waals surface area contributed by atoms with E-state index in [4.69, 9.17) is 4.74 Å². The van der Waals surface area contributed by atoms with E-state index in [0.29, 0.717) is 12.2 Å². The van der Waals surface area contributed by atoms with Crippen molar-refractivity contribution in [1.82, 2.24) is 0 Å². The minimum Gasteiger partial charge on any atom is -0.375 e. The molecule has 0 bridgehead atoms. The SMILES string of the molecule is C=C1C[C@H](C)O[C@@H](C)C1. The van der Waals surface area contributed by atoms with E-state index in [1.165, 1.54) is 5.57 Å². The molecule has 9 heavy (non-hydrogen) atoms. The van der Waals surface area contributed by atoms with Gasteiger partial charge in [-0.15, -0.1) is 0 Å². The maximum atomic E-state index is 5.50. The van der Waals surface area contributed by atoms with Crippen molar-refractivity contribution >= 4 is 0 Å². The van der Waals surface area contributed by atoms with Gasteiger partial charge in [-0.3, -0.25) is 0 Å². The zero-order valence-electron chi connectivity index (χ0n) is 6.18. The van der Waals surface area contributed by atoms with Gasteiger partial charge in [0.25, 0.3) is 0 Å². The molecule has 1 nitrogen and oxygen atoms in total. The van der Waals surface area contributed by atoms with Crippen molar-refractivity contribution in [1.29, 1.82) is 0 Å². The molecule has 1 saturated heterocycles. The van der Waals surface area contributed by atoms with Crippen LogP contribution in [0.2, 0.25) is 0 Å². The van der Waals surface area contributed by atoms with Crippen LogP contribution >= 0.6 is 0 Å². The Bertz CT molecular complexity index is 106. The van der Waals surface area contributed by atoms with Gasteiger partial charge in [-0.25, -0.2) is 0 Å². The Morgan fingerprint density at radius 1 is 1.33 bits per heavy atom. The lowest BCUT2D eigenvalue weighted by atomic mass is 10.0. The van der Waals surface area contributed by atoms with Crippen molar-refractivity contribution in [3.05, 3.63) is 12.2 Å². The third kappa shape index (κ3) is 1.83. The van der Waals surface area contributed by atoms with Crippen LogP contribution in [0.15, 0.2) is 12.2 Å². The van der Waals surface area contributed by atoms with Crippen molar-refractivity contribution < 1.29 is 4.74 Å². The van der Waals surface area contributed by atoms with E-state index in [1.54, 1.807) is 0 Å². The average molecular weight is 126 g/mol. The van der Waals surface area contributed by atoms with Gasteiger partial charge in [0.05, 0.1) is 12.2 Å². The lowest BCUT2D eigenvalue weighted by molar-refractivity contribution is -0.0101. The molecule has 52 valence electrons.